The third-order valence-corrected chi connectivity index (χ3v) is 5.49. The number of ether oxygens (including phenoxy) is 1. The molecular formula is C22H34O2. The molecule has 2 heteroatoms. The molecule has 1 saturated carbocycles. The lowest BCUT2D eigenvalue weighted by Crippen LogP contribution is -2.15. The number of hydrogen-bond acceptors (Lipinski definition) is 2. The van der Waals surface area contributed by atoms with Crippen molar-refractivity contribution in [3.63, 3.8) is 0 Å². The van der Waals surface area contributed by atoms with Crippen molar-refractivity contribution in [2.75, 3.05) is 6.61 Å². The lowest BCUT2D eigenvalue weighted by atomic mass is 9.78. The van der Waals surface area contributed by atoms with Crippen molar-refractivity contribution in [3.05, 3.63) is 35.4 Å². The normalized spacial score (nSPS) is 20.8. The standard InChI is InChI=1S/C22H34O2/c1-3-5-6-7-18-8-10-19(11-9-18)12-13-20-14-16-21(17-15-20)22(23)24-4-2/h14-19H,3-13H2,1-2H3. The Morgan fingerprint density at radius 2 is 1.58 bits per heavy atom. The van der Waals surface area contributed by atoms with Crippen molar-refractivity contribution in [2.24, 2.45) is 11.8 Å². The first-order chi connectivity index (χ1) is 11.7. The van der Waals surface area contributed by atoms with Gasteiger partial charge in [0.2, 0.25) is 0 Å². The molecule has 0 aliphatic heterocycles. The SMILES string of the molecule is CCCCCC1CCC(CCc2ccc(C(=O)OCC)cc2)CC1. The summed E-state index contributed by atoms with van der Waals surface area (Å²) in [4.78, 5) is 11.7. The zero-order chi connectivity index (χ0) is 17.2. The fourth-order valence-corrected chi connectivity index (χ4v) is 3.88. The van der Waals surface area contributed by atoms with E-state index in [1.807, 2.05) is 19.1 Å². The minimum absolute atomic E-state index is 0.217. The Hall–Kier alpha value is -1.31. The number of unbranched alkanes of at least 4 members (excludes halogenated alkanes) is 2. The molecule has 1 aliphatic carbocycles. The van der Waals surface area contributed by atoms with Crippen molar-refractivity contribution in [3.8, 4) is 0 Å². The highest BCUT2D eigenvalue weighted by atomic mass is 16.5. The molecule has 134 valence electrons. The number of esters is 1. The van der Waals surface area contributed by atoms with Crippen LogP contribution in [-0.4, -0.2) is 12.6 Å². The van der Waals surface area contributed by atoms with Gasteiger partial charge in [0.1, 0.15) is 0 Å². The maximum Gasteiger partial charge on any atom is 0.338 e. The molecule has 0 bridgehead atoms. The van der Waals surface area contributed by atoms with Crippen LogP contribution in [-0.2, 0) is 11.2 Å². The molecule has 0 N–H and O–H groups in total. The van der Waals surface area contributed by atoms with E-state index < -0.39 is 0 Å². The molecule has 2 rings (SSSR count). The molecule has 0 saturated heterocycles. The Bertz CT molecular complexity index is 469. The summed E-state index contributed by atoms with van der Waals surface area (Å²) < 4.78 is 5.03. The molecule has 0 heterocycles. The van der Waals surface area contributed by atoms with Crippen molar-refractivity contribution >= 4 is 5.97 Å². The topological polar surface area (TPSA) is 26.3 Å². The summed E-state index contributed by atoms with van der Waals surface area (Å²) in [6.45, 7) is 4.56. The van der Waals surface area contributed by atoms with Gasteiger partial charge >= 0.3 is 5.97 Å². The van der Waals surface area contributed by atoms with Gasteiger partial charge in [-0.25, -0.2) is 4.79 Å². The third-order valence-electron chi connectivity index (χ3n) is 5.49. The highest BCUT2D eigenvalue weighted by molar-refractivity contribution is 5.89. The van der Waals surface area contributed by atoms with Crippen molar-refractivity contribution < 1.29 is 9.53 Å². The van der Waals surface area contributed by atoms with Gasteiger partial charge in [-0.15, -0.1) is 0 Å². The number of carbonyl (C=O) groups excluding carboxylic acids is 1. The molecule has 0 radical (unpaired) electrons. The summed E-state index contributed by atoms with van der Waals surface area (Å²) in [6, 6.07) is 7.97. The minimum Gasteiger partial charge on any atom is -0.462 e. The van der Waals surface area contributed by atoms with Crippen LogP contribution in [0.5, 0.6) is 0 Å². The van der Waals surface area contributed by atoms with Crippen LogP contribution in [0.15, 0.2) is 24.3 Å². The predicted octanol–water partition coefficient (Wildman–Crippen LogP) is 6.18. The molecule has 1 aromatic rings. The molecule has 1 aliphatic rings. The summed E-state index contributed by atoms with van der Waals surface area (Å²) in [5, 5.41) is 0. The molecule has 0 unspecified atom stereocenters. The second-order valence-corrected chi connectivity index (χ2v) is 7.34. The molecule has 0 atom stereocenters. The zero-order valence-corrected chi connectivity index (χ0v) is 15.6. The Labute approximate surface area is 148 Å². The second-order valence-electron chi connectivity index (χ2n) is 7.34. The van der Waals surface area contributed by atoms with Crippen LogP contribution in [0.25, 0.3) is 0 Å². The van der Waals surface area contributed by atoms with Crippen LogP contribution in [0.3, 0.4) is 0 Å². The van der Waals surface area contributed by atoms with Gasteiger partial charge in [-0.05, 0) is 49.3 Å². The highest BCUT2D eigenvalue weighted by Crippen LogP contribution is 2.34. The molecule has 1 fully saturated rings. The largest absolute Gasteiger partial charge is 0.462 e. The van der Waals surface area contributed by atoms with E-state index in [0.29, 0.717) is 12.2 Å². The Balaban J connectivity index is 1.68. The first-order valence-corrected chi connectivity index (χ1v) is 9.99. The van der Waals surface area contributed by atoms with Crippen molar-refractivity contribution in [2.45, 2.75) is 78.1 Å². The number of benzene rings is 1. The average molecular weight is 331 g/mol. The molecular weight excluding hydrogens is 296 g/mol. The van der Waals surface area contributed by atoms with Gasteiger partial charge in [-0.2, -0.15) is 0 Å². The Morgan fingerprint density at radius 3 is 2.17 bits per heavy atom. The number of carbonyl (C=O) groups is 1. The van der Waals surface area contributed by atoms with Gasteiger partial charge in [0.15, 0.2) is 0 Å². The number of hydrogen-bond donors (Lipinski definition) is 0. The fraction of sp³-hybridized carbons (Fsp3) is 0.682. The van der Waals surface area contributed by atoms with E-state index in [1.165, 1.54) is 63.4 Å². The van der Waals surface area contributed by atoms with E-state index in [-0.39, 0.29) is 5.97 Å². The van der Waals surface area contributed by atoms with Gasteiger partial charge < -0.3 is 4.74 Å². The molecule has 1 aromatic carbocycles. The predicted molar refractivity (Wildman–Crippen MR) is 100 cm³/mol. The van der Waals surface area contributed by atoms with E-state index in [9.17, 15) is 4.79 Å². The van der Waals surface area contributed by atoms with Gasteiger partial charge in [0.05, 0.1) is 12.2 Å². The van der Waals surface area contributed by atoms with E-state index in [0.717, 1.165) is 18.3 Å². The van der Waals surface area contributed by atoms with E-state index >= 15 is 0 Å². The van der Waals surface area contributed by atoms with E-state index in [2.05, 4.69) is 19.1 Å². The third kappa shape index (κ3) is 6.30. The average Bonchev–Trinajstić information content (AvgIpc) is 2.62. The van der Waals surface area contributed by atoms with Gasteiger partial charge in [0.25, 0.3) is 0 Å². The highest BCUT2D eigenvalue weighted by Gasteiger charge is 2.20. The lowest BCUT2D eigenvalue weighted by Gasteiger charge is -2.28. The lowest BCUT2D eigenvalue weighted by molar-refractivity contribution is 0.0526. The van der Waals surface area contributed by atoms with E-state index in [1.54, 1.807) is 0 Å². The smallest absolute Gasteiger partial charge is 0.338 e. The molecule has 24 heavy (non-hydrogen) atoms. The molecule has 0 aromatic heterocycles. The summed E-state index contributed by atoms with van der Waals surface area (Å²) >= 11 is 0. The first-order valence-electron chi connectivity index (χ1n) is 9.99. The van der Waals surface area contributed by atoms with Gasteiger partial charge in [-0.3, -0.25) is 0 Å². The van der Waals surface area contributed by atoms with Crippen molar-refractivity contribution in [1.82, 2.24) is 0 Å². The Morgan fingerprint density at radius 1 is 0.958 bits per heavy atom. The number of rotatable bonds is 9. The summed E-state index contributed by atoms with van der Waals surface area (Å²) in [5.74, 6) is 1.68. The molecule has 0 amide bonds. The number of aryl methyl sites for hydroxylation is 1. The second kappa shape index (κ2) is 10.5. The van der Waals surface area contributed by atoms with Gasteiger partial charge in [0, 0.05) is 0 Å². The maximum atomic E-state index is 11.7. The van der Waals surface area contributed by atoms with Crippen LogP contribution < -0.4 is 0 Å². The van der Waals surface area contributed by atoms with E-state index in [4.69, 9.17) is 4.74 Å². The Kier molecular flexibility index (Phi) is 8.35. The molecule has 0 spiro atoms. The van der Waals surface area contributed by atoms with Crippen LogP contribution in [0.1, 0.15) is 87.6 Å². The monoisotopic (exact) mass is 330 g/mol. The summed E-state index contributed by atoms with van der Waals surface area (Å²) in [5.41, 5.74) is 2.00. The van der Waals surface area contributed by atoms with Crippen LogP contribution in [0.4, 0.5) is 0 Å². The first kappa shape index (κ1) is 19.0. The summed E-state index contributed by atoms with van der Waals surface area (Å²) in [7, 11) is 0. The maximum absolute atomic E-state index is 11.7. The quantitative estimate of drug-likeness (QED) is 0.399. The van der Waals surface area contributed by atoms with Crippen LogP contribution in [0.2, 0.25) is 0 Å². The van der Waals surface area contributed by atoms with Gasteiger partial charge in [-0.1, -0.05) is 70.4 Å². The minimum atomic E-state index is -0.217. The van der Waals surface area contributed by atoms with Crippen LogP contribution >= 0.6 is 0 Å². The fourth-order valence-electron chi connectivity index (χ4n) is 3.88. The zero-order valence-electron chi connectivity index (χ0n) is 15.6. The van der Waals surface area contributed by atoms with Crippen LogP contribution in [0, 0.1) is 11.8 Å². The van der Waals surface area contributed by atoms with Crippen molar-refractivity contribution in [1.29, 1.82) is 0 Å². The summed E-state index contributed by atoms with van der Waals surface area (Å²) in [6.07, 6.45) is 13.8. The molecule has 2 nitrogen and oxygen atoms in total.